The Bertz CT molecular complexity index is 798. The second kappa shape index (κ2) is 8.19. The molecule has 24 heavy (non-hydrogen) atoms. The van der Waals surface area contributed by atoms with Crippen molar-refractivity contribution in [3.05, 3.63) is 73.8 Å². The average molecular weight is 320 g/mol. The van der Waals surface area contributed by atoms with Crippen LogP contribution in [0.5, 0.6) is 0 Å². The Kier molecular flexibility index (Phi) is 5.74. The summed E-state index contributed by atoms with van der Waals surface area (Å²) < 4.78 is 0. The topological polar surface area (TPSA) is 82.9 Å². The van der Waals surface area contributed by atoms with Crippen molar-refractivity contribution >= 4 is 34.6 Å². The van der Waals surface area contributed by atoms with Crippen LogP contribution >= 0.6 is 0 Å². The minimum atomic E-state index is -0.425. The molecule has 2 aromatic rings. The number of nitrogens with zero attached hydrogens (tertiary/aromatic N) is 2. The molecular weight excluding hydrogens is 304 g/mol. The number of hydrogen-bond acceptors (Lipinski definition) is 4. The largest absolute Gasteiger partial charge is 0.321 e. The number of carbonyl (C=O) groups is 2. The van der Waals surface area contributed by atoms with E-state index in [1.165, 1.54) is 0 Å². The molecule has 2 aromatic carbocycles. The smallest absolute Gasteiger partial charge is 0.247 e. The van der Waals surface area contributed by atoms with Gasteiger partial charge in [-0.3, -0.25) is 9.59 Å². The Morgan fingerprint density at radius 2 is 1.50 bits per heavy atom. The fourth-order valence-corrected chi connectivity index (χ4v) is 1.82. The van der Waals surface area contributed by atoms with Gasteiger partial charge in [-0.05, 0) is 36.4 Å². The highest BCUT2D eigenvalue weighted by atomic mass is 16.2. The summed E-state index contributed by atoms with van der Waals surface area (Å²) in [5.74, 6) is -0.826. The van der Waals surface area contributed by atoms with Crippen molar-refractivity contribution in [2.75, 3.05) is 10.6 Å². The summed E-state index contributed by atoms with van der Waals surface area (Å²) in [5.41, 5.74) is 1.78. The van der Waals surface area contributed by atoms with E-state index in [-0.39, 0.29) is 0 Å². The van der Waals surface area contributed by atoms with E-state index in [0.29, 0.717) is 22.7 Å². The summed E-state index contributed by atoms with van der Waals surface area (Å²) in [5, 5.41) is 13.5. The van der Waals surface area contributed by atoms with Gasteiger partial charge in [0.1, 0.15) is 5.69 Å². The molecule has 0 aliphatic carbocycles. The van der Waals surface area contributed by atoms with E-state index in [1.807, 2.05) is 18.2 Å². The quantitative estimate of drug-likeness (QED) is 0.612. The van der Waals surface area contributed by atoms with Gasteiger partial charge in [-0.2, -0.15) is 5.11 Å². The molecule has 0 bridgehead atoms. The van der Waals surface area contributed by atoms with Crippen molar-refractivity contribution in [3.63, 3.8) is 0 Å². The number of nitrogens with one attached hydrogen (secondary N) is 2. The molecule has 0 saturated heterocycles. The SMILES string of the molecule is C=CC(=O)Nc1cccc(N=Nc2ccccc2)c1NC(=O)C=C. The molecule has 0 unspecified atom stereocenters. The number of benzene rings is 2. The van der Waals surface area contributed by atoms with Gasteiger partial charge in [0.25, 0.3) is 0 Å². The van der Waals surface area contributed by atoms with Gasteiger partial charge in [0, 0.05) is 0 Å². The third-order valence-corrected chi connectivity index (χ3v) is 2.95. The zero-order valence-corrected chi connectivity index (χ0v) is 12.9. The van der Waals surface area contributed by atoms with Crippen molar-refractivity contribution < 1.29 is 9.59 Å². The Balaban J connectivity index is 2.41. The molecule has 120 valence electrons. The van der Waals surface area contributed by atoms with E-state index >= 15 is 0 Å². The zero-order chi connectivity index (χ0) is 17.4. The van der Waals surface area contributed by atoms with Crippen LogP contribution in [0.4, 0.5) is 22.7 Å². The predicted molar refractivity (Wildman–Crippen MR) is 94.7 cm³/mol. The van der Waals surface area contributed by atoms with Crippen molar-refractivity contribution in [2.24, 2.45) is 10.2 Å². The molecule has 0 spiro atoms. The normalized spacial score (nSPS) is 10.2. The van der Waals surface area contributed by atoms with Crippen LogP contribution in [0.2, 0.25) is 0 Å². The van der Waals surface area contributed by atoms with Gasteiger partial charge in [0.05, 0.1) is 17.1 Å². The average Bonchev–Trinajstić information content (AvgIpc) is 2.62. The van der Waals surface area contributed by atoms with Crippen LogP contribution < -0.4 is 10.6 Å². The van der Waals surface area contributed by atoms with E-state index in [0.717, 1.165) is 12.2 Å². The van der Waals surface area contributed by atoms with Crippen molar-refractivity contribution in [1.82, 2.24) is 0 Å². The van der Waals surface area contributed by atoms with Gasteiger partial charge in [-0.25, -0.2) is 0 Å². The van der Waals surface area contributed by atoms with Gasteiger partial charge >= 0.3 is 0 Å². The lowest BCUT2D eigenvalue weighted by atomic mass is 10.2. The van der Waals surface area contributed by atoms with Gasteiger partial charge in [-0.15, -0.1) is 5.11 Å². The van der Waals surface area contributed by atoms with Crippen molar-refractivity contribution in [2.45, 2.75) is 0 Å². The Morgan fingerprint density at radius 3 is 2.17 bits per heavy atom. The molecule has 2 rings (SSSR count). The van der Waals surface area contributed by atoms with Crippen LogP contribution in [0, 0.1) is 0 Å². The first-order valence-corrected chi connectivity index (χ1v) is 7.10. The third-order valence-electron chi connectivity index (χ3n) is 2.95. The van der Waals surface area contributed by atoms with E-state index < -0.39 is 11.8 Å². The van der Waals surface area contributed by atoms with Crippen LogP contribution in [0.15, 0.2) is 84.1 Å². The van der Waals surface area contributed by atoms with Crippen molar-refractivity contribution in [3.8, 4) is 0 Å². The minimum Gasteiger partial charge on any atom is -0.321 e. The van der Waals surface area contributed by atoms with Gasteiger partial charge < -0.3 is 10.6 Å². The van der Waals surface area contributed by atoms with Crippen LogP contribution in [-0.4, -0.2) is 11.8 Å². The van der Waals surface area contributed by atoms with E-state index in [9.17, 15) is 9.59 Å². The predicted octanol–water partition coefficient (Wildman–Crippen LogP) is 4.35. The molecule has 6 nitrogen and oxygen atoms in total. The highest BCUT2D eigenvalue weighted by Crippen LogP contribution is 2.34. The highest BCUT2D eigenvalue weighted by Gasteiger charge is 2.12. The zero-order valence-electron chi connectivity index (χ0n) is 12.9. The van der Waals surface area contributed by atoms with Crippen LogP contribution in [-0.2, 0) is 9.59 Å². The molecule has 0 saturated carbocycles. The molecule has 0 aliphatic rings. The summed E-state index contributed by atoms with van der Waals surface area (Å²) in [7, 11) is 0. The standard InChI is InChI=1S/C18H16N4O2/c1-3-16(23)19-14-11-8-12-15(18(14)20-17(24)4-2)22-21-13-9-6-5-7-10-13/h3-12H,1-2H2,(H,19,23)(H,20,24). The van der Waals surface area contributed by atoms with Gasteiger partial charge in [-0.1, -0.05) is 37.4 Å². The molecular formula is C18H16N4O2. The molecule has 0 aliphatic heterocycles. The maximum absolute atomic E-state index is 11.7. The van der Waals surface area contributed by atoms with Crippen LogP contribution in [0.1, 0.15) is 0 Å². The Hall–Kier alpha value is -3.54. The highest BCUT2D eigenvalue weighted by molar-refractivity contribution is 6.08. The summed E-state index contributed by atoms with van der Waals surface area (Å²) >= 11 is 0. The lowest BCUT2D eigenvalue weighted by Crippen LogP contribution is -2.13. The first-order valence-electron chi connectivity index (χ1n) is 7.10. The Labute approximate surface area is 139 Å². The number of anilines is 2. The van der Waals surface area contributed by atoms with E-state index in [2.05, 4.69) is 34.0 Å². The summed E-state index contributed by atoms with van der Waals surface area (Å²) in [6, 6.07) is 14.2. The number of azo groups is 1. The minimum absolute atomic E-state index is 0.331. The number of carbonyl (C=O) groups excluding carboxylic acids is 2. The van der Waals surface area contributed by atoms with Gasteiger partial charge in [0.2, 0.25) is 11.8 Å². The summed E-state index contributed by atoms with van der Waals surface area (Å²) in [6.45, 7) is 6.82. The Morgan fingerprint density at radius 1 is 0.833 bits per heavy atom. The number of rotatable bonds is 6. The van der Waals surface area contributed by atoms with Crippen LogP contribution in [0.3, 0.4) is 0 Å². The second-order valence-corrected chi connectivity index (χ2v) is 4.62. The maximum Gasteiger partial charge on any atom is 0.247 e. The molecule has 2 N–H and O–H groups in total. The maximum atomic E-state index is 11.7. The number of amides is 2. The number of hydrogen-bond donors (Lipinski definition) is 2. The fourth-order valence-electron chi connectivity index (χ4n) is 1.82. The van der Waals surface area contributed by atoms with E-state index in [1.54, 1.807) is 30.3 Å². The third kappa shape index (κ3) is 4.48. The molecule has 0 heterocycles. The molecule has 0 aromatic heterocycles. The number of para-hydroxylation sites is 1. The second-order valence-electron chi connectivity index (χ2n) is 4.62. The molecule has 2 amide bonds. The molecule has 6 heteroatoms. The lowest BCUT2D eigenvalue weighted by molar-refractivity contribution is -0.112. The monoisotopic (exact) mass is 320 g/mol. The first-order chi connectivity index (χ1) is 11.6. The lowest BCUT2D eigenvalue weighted by Gasteiger charge is -2.12. The molecule has 0 atom stereocenters. The van der Waals surface area contributed by atoms with Crippen LogP contribution in [0.25, 0.3) is 0 Å². The van der Waals surface area contributed by atoms with Crippen molar-refractivity contribution in [1.29, 1.82) is 0 Å². The van der Waals surface area contributed by atoms with E-state index in [4.69, 9.17) is 0 Å². The first kappa shape index (κ1) is 16.8. The summed E-state index contributed by atoms with van der Waals surface area (Å²) in [6.07, 6.45) is 2.27. The molecule has 0 radical (unpaired) electrons. The molecule has 0 fully saturated rings. The fraction of sp³-hybridized carbons (Fsp3) is 0. The summed E-state index contributed by atoms with van der Waals surface area (Å²) in [4.78, 5) is 23.2. The van der Waals surface area contributed by atoms with Gasteiger partial charge in [0.15, 0.2) is 0 Å².